The van der Waals surface area contributed by atoms with Gasteiger partial charge >= 0.3 is 6.61 Å². The molecule has 2 rings (SSSR count). The third-order valence-corrected chi connectivity index (χ3v) is 2.96. The van der Waals surface area contributed by atoms with Crippen LogP contribution in [0.1, 0.15) is 5.56 Å². The lowest BCUT2D eigenvalue weighted by molar-refractivity contribution is -0.123. The highest BCUT2D eigenvalue weighted by molar-refractivity contribution is 6.30. The van der Waals surface area contributed by atoms with E-state index < -0.39 is 12.5 Å². The number of hydrazone groups is 1. The van der Waals surface area contributed by atoms with Crippen LogP contribution in [0.3, 0.4) is 0 Å². The zero-order valence-electron chi connectivity index (χ0n) is 12.3. The number of nitrogens with zero attached hydrogens (tertiary/aromatic N) is 1. The molecule has 1 N–H and O–H groups in total. The Labute approximate surface area is 141 Å². The number of carbonyl (C=O) groups excluding carboxylic acids is 1. The van der Waals surface area contributed by atoms with Gasteiger partial charge in [0.2, 0.25) is 0 Å². The van der Waals surface area contributed by atoms with Crippen molar-refractivity contribution in [1.82, 2.24) is 5.43 Å². The molecule has 2 aromatic rings. The van der Waals surface area contributed by atoms with Crippen molar-refractivity contribution in [2.45, 2.75) is 6.61 Å². The van der Waals surface area contributed by atoms with Crippen LogP contribution in [0, 0.1) is 0 Å². The minimum Gasteiger partial charge on any atom is -0.484 e. The van der Waals surface area contributed by atoms with E-state index in [1.54, 1.807) is 36.4 Å². The van der Waals surface area contributed by atoms with Gasteiger partial charge in [0, 0.05) is 10.6 Å². The summed E-state index contributed by atoms with van der Waals surface area (Å²) in [5, 5.41) is 4.24. The molecule has 0 bridgehead atoms. The molecule has 0 radical (unpaired) electrons. The van der Waals surface area contributed by atoms with E-state index in [0.717, 1.165) is 0 Å². The Bertz CT molecular complexity index is 709. The van der Waals surface area contributed by atoms with Crippen molar-refractivity contribution in [2.75, 3.05) is 6.61 Å². The summed E-state index contributed by atoms with van der Waals surface area (Å²) in [6, 6.07) is 12.6. The summed E-state index contributed by atoms with van der Waals surface area (Å²) in [6.07, 6.45) is 1.21. The van der Waals surface area contributed by atoms with E-state index in [4.69, 9.17) is 16.3 Å². The molecule has 126 valence electrons. The van der Waals surface area contributed by atoms with E-state index in [-0.39, 0.29) is 12.4 Å². The predicted octanol–water partition coefficient (Wildman–Crippen LogP) is 3.47. The highest BCUT2D eigenvalue weighted by Gasteiger charge is 2.07. The van der Waals surface area contributed by atoms with Crippen molar-refractivity contribution in [3.63, 3.8) is 0 Å². The van der Waals surface area contributed by atoms with Gasteiger partial charge in [0.05, 0.1) is 6.21 Å². The van der Waals surface area contributed by atoms with Crippen LogP contribution in [0.25, 0.3) is 0 Å². The molecule has 0 aliphatic rings. The van der Waals surface area contributed by atoms with E-state index in [1.807, 2.05) is 0 Å². The number of halogens is 3. The smallest absolute Gasteiger partial charge is 0.387 e. The highest BCUT2D eigenvalue weighted by atomic mass is 35.5. The summed E-state index contributed by atoms with van der Waals surface area (Å²) in [7, 11) is 0. The van der Waals surface area contributed by atoms with Gasteiger partial charge in [0.15, 0.2) is 6.61 Å². The van der Waals surface area contributed by atoms with Crippen LogP contribution in [0.2, 0.25) is 5.02 Å². The van der Waals surface area contributed by atoms with E-state index in [1.165, 1.54) is 18.3 Å². The highest BCUT2D eigenvalue weighted by Crippen LogP contribution is 2.18. The lowest BCUT2D eigenvalue weighted by Crippen LogP contribution is -2.24. The zero-order chi connectivity index (χ0) is 17.4. The van der Waals surface area contributed by atoms with Crippen molar-refractivity contribution in [2.24, 2.45) is 5.10 Å². The van der Waals surface area contributed by atoms with Crippen LogP contribution >= 0.6 is 11.6 Å². The number of hydrogen-bond donors (Lipinski definition) is 1. The summed E-state index contributed by atoms with van der Waals surface area (Å²) in [5.41, 5.74) is 2.53. The van der Waals surface area contributed by atoms with Gasteiger partial charge in [-0.3, -0.25) is 4.79 Å². The Morgan fingerprint density at radius 2 is 1.92 bits per heavy atom. The molecule has 0 saturated heterocycles. The van der Waals surface area contributed by atoms with E-state index in [0.29, 0.717) is 16.3 Å². The molecule has 0 aliphatic heterocycles. The first-order valence-electron chi connectivity index (χ1n) is 6.78. The van der Waals surface area contributed by atoms with Crippen LogP contribution < -0.4 is 14.9 Å². The predicted molar refractivity (Wildman–Crippen MR) is 85.8 cm³/mol. The number of benzene rings is 2. The molecule has 0 aromatic heterocycles. The number of carbonyl (C=O) groups is 1. The van der Waals surface area contributed by atoms with Crippen molar-refractivity contribution >= 4 is 23.7 Å². The van der Waals surface area contributed by atoms with Crippen LogP contribution in [0.15, 0.2) is 53.6 Å². The topological polar surface area (TPSA) is 59.9 Å². The van der Waals surface area contributed by atoms with Gasteiger partial charge in [-0.05, 0) is 36.4 Å². The molecular formula is C16H13ClF2N2O3. The van der Waals surface area contributed by atoms with E-state index >= 15 is 0 Å². The van der Waals surface area contributed by atoms with Crippen molar-refractivity contribution < 1.29 is 23.0 Å². The van der Waals surface area contributed by atoms with Gasteiger partial charge < -0.3 is 9.47 Å². The Balaban J connectivity index is 1.85. The lowest BCUT2D eigenvalue weighted by atomic mass is 10.2. The number of alkyl halides is 2. The lowest BCUT2D eigenvalue weighted by Gasteiger charge is -2.07. The molecule has 0 heterocycles. The monoisotopic (exact) mass is 354 g/mol. The second kappa shape index (κ2) is 8.83. The quantitative estimate of drug-likeness (QED) is 0.612. The molecule has 0 aliphatic carbocycles. The molecule has 0 unspecified atom stereocenters. The summed E-state index contributed by atoms with van der Waals surface area (Å²) in [5.74, 6) is -0.0643. The number of nitrogens with one attached hydrogen (secondary N) is 1. The normalized spacial score (nSPS) is 10.8. The van der Waals surface area contributed by atoms with Crippen LogP contribution in [0.4, 0.5) is 8.78 Å². The van der Waals surface area contributed by atoms with Crippen molar-refractivity contribution in [3.05, 3.63) is 59.1 Å². The first-order chi connectivity index (χ1) is 11.5. The fraction of sp³-hybridized carbons (Fsp3) is 0.125. The third-order valence-electron chi connectivity index (χ3n) is 2.71. The molecule has 8 heteroatoms. The van der Waals surface area contributed by atoms with Crippen molar-refractivity contribution in [3.8, 4) is 11.5 Å². The number of para-hydroxylation sites is 1. The third kappa shape index (κ3) is 5.85. The molecule has 0 fully saturated rings. The zero-order valence-corrected chi connectivity index (χ0v) is 13.0. The van der Waals surface area contributed by atoms with Gasteiger partial charge in [-0.2, -0.15) is 13.9 Å². The Hall–Kier alpha value is -2.67. The van der Waals surface area contributed by atoms with Gasteiger partial charge in [0.1, 0.15) is 11.5 Å². The van der Waals surface area contributed by atoms with E-state index in [9.17, 15) is 13.6 Å². The Kier molecular flexibility index (Phi) is 6.51. The van der Waals surface area contributed by atoms with Crippen LogP contribution in [-0.4, -0.2) is 25.3 Å². The largest absolute Gasteiger partial charge is 0.484 e. The average molecular weight is 355 g/mol. The SMILES string of the molecule is O=C(COc1ccc(Cl)cc1)N/N=C\c1ccccc1OC(F)F. The number of rotatable bonds is 7. The average Bonchev–Trinajstić information content (AvgIpc) is 2.55. The second-order valence-corrected chi connectivity index (χ2v) is 4.89. The number of ether oxygens (including phenoxy) is 2. The van der Waals surface area contributed by atoms with E-state index in [2.05, 4.69) is 15.3 Å². The molecule has 0 saturated carbocycles. The molecule has 0 atom stereocenters. The second-order valence-electron chi connectivity index (χ2n) is 4.45. The number of hydrogen-bond acceptors (Lipinski definition) is 4. The molecule has 2 aromatic carbocycles. The first-order valence-corrected chi connectivity index (χ1v) is 7.16. The molecule has 24 heavy (non-hydrogen) atoms. The summed E-state index contributed by atoms with van der Waals surface area (Å²) < 4.78 is 34.1. The maximum absolute atomic E-state index is 12.3. The maximum Gasteiger partial charge on any atom is 0.387 e. The molecule has 0 spiro atoms. The minimum atomic E-state index is -2.94. The maximum atomic E-state index is 12.3. The van der Waals surface area contributed by atoms with Gasteiger partial charge in [-0.1, -0.05) is 23.7 Å². The number of amides is 1. The van der Waals surface area contributed by atoms with Gasteiger partial charge in [-0.25, -0.2) is 5.43 Å². The van der Waals surface area contributed by atoms with Crippen LogP contribution in [-0.2, 0) is 4.79 Å². The first kappa shape index (κ1) is 17.7. The Morgan fingerprint density at radius 1 is 1.21 bits per heavy atom. The van der Waals surface area contributed by atoms with Gasteiger partial charge in [0.25, 0.3) is 5.91 Å². The fourth-order valence-corrected chi connectivity index (χ4v) is 1.80. The Morgan fingerprint density at radius 3 is 2.62 bits per heavy atom. The molecule has 5 nitrogen and oxygen atoms in total. The van der Waals surface area contributed by atoms with Crippen LogP contribution in [0.5, 0.6) is 11.5 Å². The fourth-order valence-electron chi connectivity index (χ4n) is 1.68. The van der Waals surface area contributed by atoms with Crippen molar-refractivity contribution in [1.29, 1.82) is 0 Å². The minimum absolute atomic E-state index is 0.0390. The summed E-state index contributed by atoms with van der Waals surface area (Å²) >= 11 is 5.73. The molecule has 1 amide bonds. The molecular weight excluding hydrogens is 342 g/mol. The standard InChI is InChI=1S/C16H13ClF2N2O3/c17-12-5-7-13(8-6-12)23-10-15(22)21-20-9-11-3-1-2-4-14(11)24-16(18)19/h1-9,16H,10H2,(H,21,22)/b20-9-. The van der Waals surface area contributed by atoms with Gasteiger partial charge in [-0.15, -0.1) is 0 Å². The summed E-state index contributed by atoms with van der Waals surface area (Å²) in [6.45, 7) is -3.20. The summed E-state index contributed by atoms with van der Waals surface area (Å²) in [4.78, 5) is 11.6.